The molecular formula is C7H12O2. The Morgan fingerprint density at radius 2 is 2.11 bits per heavy atom. The average molecular weight is 128 g/mol. The van der Waals surface area contributed by atoms with E-state index < -0.39 is 0 Å². The van der Waals surface area contributed by atoms with E-state index in [0.29, 0.717) is 12.2 Å². The van der Waals surface area contributed by atoms with Crippen molar-refractivity contribution in [1.82, 2.24) is 0 Å². The molecule has 0 aromatic rings. The van der Waals surface area contributed by atoms with Crippen molar-refractivity contribution < 1.29 is 9.47 Å². The first-order chi connectivity index (χ1) is 4.40. The minimum Gasteiger partial charge on any atom is -0.384 e. The summed E-state index contributed by atoms with van der Waals surface area (Å²) in [5.74, 6) is 0.791. The molecule has 52 valence electrons. The second-order valence-corrected chi connectivity index (χ2v) is 3.01. The van der Waals surface area contributed by atoms with Crippen LogP contribution < -0.4 is 0 Å². The van der Waals surface area contributed by atoms with Crippen molar-refractivity contribution >= 4 is 0 Å². The predicted octanol–water partition coefficient (Wildman–Crippen LogP) is 0.810. The third-order valence-corrected chi connectivity index (χ3v) is 2.22. The molecule has 3 atom stereocenters. The molecule has 0 aromatic carbocycles. The minimum absolute atomic E-state index is 0.616. The lowest BCUT2D eigenvalue weighted by Crippen LogP contribution is -2.06. The Balaban J connectivity index is 1.77. The number of rotatable bonds is 2. The summed E-state index contributed by atoms with van der Waals surface area (Å²) in [5, 5.41) is 0. The summed E-state index contributed by atoms with van der Waals surface area (Å²) in [6.07, 6.45) is 3.70. The van der Waals surface area contributed by atoms with Gasteiger partial charge in [-0.2, -0.15) is 0 Å². The third kappa shape index (κ3) is 0.970. The van der Waals surface area contributed by atoms with Crippen molar-refractivity contribution in [1.29, 1.82) is 0 Å². The quantitative estimate of drug-likeness (QED) is 0.513. The molecular weight excluding hydrogens is 116 g/mol. The van der Waals surface area contributed by atoms with Gasteiger partial charge in [-0.25, -0.2) is 0 Å². The molecule has 0 bridgehead atoms. The van der Waals surface area contributed by atoms with Gasteiger partial charge >= 0.3 is 0 Å². The Morgan fingerprint density at radius 3 is 2.67 bits per heavy atom. The Bertz CT molecular complexity index is 103. The van der Waals surface area contributed by atoms with E-state index in [4.69, 9.17) is 9.47 Å². The van der Waals surface area contributed by atoms with E-state index in [0.717, 1.165) is 12.5 Å². The van der Waals surface area contributed by atoms with Crippen LogP contribution in [-0.4, -0.2) is 25.9 Å². The number of hydrogen-bond acceptors (Lipinski definition) is 2. The van der Waals surface area contributed by atoms with Crippen LogP contribution >= 0.6 is 0 Å². The van der Waals surface area contributed by atoms with Crippen LogP contribution in [0, 0.1) is 5.92 Å². The number of fused-ring (bicyclic) bond motifs is 1. The first kappa shape index (κ1) is 5.69. The number of ether oxygens (including phenoxy) is 2. The molecule has 1 saturated heterocycles. The zero-order valence-electron chi connectivity index (χ0n) is 5.67. The van der Waals surface area contributed by atoms with Crippen LogP contribution in [-0.2, 0) is 9.47 Å². The van der Waals surface area contributed by atoms with Gasteiger partial charge in [0.25, 0.3) is 0 Å². The second kappa shape index (κ2) is 1.96. The van der Waals surface area contributed by atoms with E-state index in [1.165, 1.54) is 12.8 Å². The molecule has 1 unspecified atom stereocenters. The van der Waals surface area contributed by atoms with Gasteiger partial charge in [0.1, 0.15) is 0 Å². The van der Waals surface area contributed by atoms with Crippen molar-refractivity contribution in [2.75, 3.05) is 13.7 Å². The van der Waals surface area contributed by atoms with Crippen LogP contribution in [0.25, 0.3) is 0 Å². The normalized spacial score (nSPS) is 47.0. The summed E-state index contributed by atoms with van der Waals surface area (Å²) >= 11 is 0. The van der Waals surface area contributed by atoms with Gasteiger partial charge in [0.15, 0.2) is 0 Å². The van der Waals surface area contributed by atoms with Crippen LogP contribution in [0.4, 0.5) is 0 Å². The molecule has 0 N–H and O–H groups in total. The first-order valence-electron chi connectivity index (χ1n) is 3.54. The molecule has 1 aliphatic heterocycles. The molecule has 0 amide bonds. The zero-order valence-corrected chi connectivity index (χ0v) is 5.67. The lowest BCUT2D eigenvalue weighted by atomic mass is 10.1. The summed E-state index contributed by atoms with van der Waals surface area (Å²) in [4.78, 5) is 0. The highest BCUT2D eigenvalue weighted by Gasteiger charge is 2.47. The smallest absolute Gasteiger partial charge is 0.0845 e. The largest absolute Gasteiger partial charge is 0.384 e. The van der Waals surface area contributed by atoms with E-state index in [-0.39, 0.29) is 0 Å². The lowest BCUT2D eigenvalue weighted by Gasteiger charge is -2.07. The van der Waals surface area contributed by atoms with Gasteiger partial charge < -0.3 is 9.47 Å². The third-order valence-electron chi connectivity index (χ3n) is 2.22. The standard InChI is InChI=1S/C7H12O2/c1-8-4-5-2-6-7(3-5)9-6/h5-7H,2-4H2,1H3/t5?,6-,7+. The van der Waals surface area contributed by atoms with Gasteiger partial charge in [-0.3, -0.25) is 0 Å². The average Bonchev–Trinajstić information content (AvgIpc) is 2.42. The van der Waals surface area contributed by atoms with E-state index in [1.54, 1.807) is 7.11 Å². The van der Waals surface area contributed by atoms with Crippen molar-refractivity contribution in [3.63, 3.8) is 0 Å². The van der Waals surface area contributed by atoms with Crippen LogP contribution in [0.5, 0.6) is 0 Å². The monoisotopic (exact) mass is 128 g/mol. The lowest BCUT2D eigenvalue weighted by molar-refractivity contribution is 0.130. The highest BCUT2D eigenvalue weighted by Crippen LogP contribution is 2.41. The first-order valence-corrected chi connectivity index (χ1v) is 3.54. The minimum atomic E-state index is 0.616. The Kier molecular flexibility index (Phi) is 1.24. The fraction of sp³-hybridized carbons (Fsp3) is 1.00. The fourth-order valence-electron chi connectivity index (χ4n) is 1.72. The molecule has 2 nitrogen and oxygen atoms in total. The molecule has 1 heterocycles. The van der Waals surface area contributed by atoms with Crippen molar-refractivity contribution in [2.45, 2.75) is 25.0 Å². The maximum atomic E-state index is 5.27. The molecule has 9 heavy (non-hydrogen) atoms. The Morgan fingerprint density at radius 1 is 1.44 bits per heavy atom. The molecule has 0 spiro atoms. The van der Waals surface area contributed by atoms with E-state index in [1.807, 2.05) is 0 Å². The van der Waals surface area contributed by atoms with Gasteiger partial charge in [0.2, 0.25) is 0 Å². The summed E-state index contributed by atoms with van der Waals surface area (Å²) in [5.41, 5.74) is 0. The van der Waals surface area contributed by atoms with Gasteiger partial charge in [-0.1, -0.05) is 0 Å². The fourth-order valence-corrected chi connectivity index (χ4v) is 1.72. The maximum Gasteiger partial charge on any atom is 0.0845 e. The summed E-state index contributed by atoms with van der Waals surface area (Å²) in [7, 11) is 1.77. The van der Waals surface area contributed by atoms with Gasteiger partial charge in [0.05, 0.1) is 12.2 Å². The molecule has 2 fully saturated rings. The van der Waals surface area contributed by atoms with Crippen molar-refractivity contribution in [3.05, 3.63) is 0 Å². The molecule has 2 aliphatic rings. The van der Waals surface area contributed by atoms with Gasteiger partial charge in [0, 0.05) is 13.7 Å². The molecule has 2 rings (SSSR count). The van der Waals surface area contributed by atoms with Crippen LogP contribution in [0.3, 0.4) is 0 Å². The summed E-state index contributed by atoms with van der Waals surface area (Å²) in [6.45, 7) is 0.927. The topological polar surface area (TPSA) is 21.8 Å². The van der Waals surface area contributed by atoms with E-state index >= 15 is 0 Å². The number of methoxy groups -OCH3 is 1. The van der Waals surface area contributed by atoms with Crippen LogP contribution in [0.15, 0.2) is 0 Å². The van der Waals surface area contributed by atoms with Crippen molar-refractivity contribution in [3.8, 4) is 0 Å². The zero-order chi connectivity index (χ0) is 6.27. The predicted molar refractivity (Wildman–Crippen MR) is 33.3 cm³/mol. The number of epoxide rings is 1. The Hall–Kier alpha value is -0.0800. The molecule has 0 radical (unpaired) electrons. The maximum absolute atomic E-state index is 5.27. The number of hydrogen-bond donors (Lipinski definition) is 0. The molecule has 1 aliphatic carbocycles. The molecule has 0 aromatic heterocycles. The highest BCUT2D eigenvalue weighted by atomic mass is 16.6. The molecule has 1 saturated carbocycles. The van der Waals surface area contributed by atoms with Gasteiger partial charge in [-0.05, 0) is 18.8 Å². The molecule has 2 heteroatoms. The van der Waals surface area contributed by atoms with Gasteiger partial charge in [-0.15, -0.1) is 0 Å². The van der Waals surface area contributed by atoms with E-state index in [9.17, 15) is 0 Å². The summed E-state index contributed by atoms with van der Waals surface area (Å²) < 4.78 is 10.3. The Labute approximate surface area is 55.1 Å². The summed E-state index contributed by atoms with van der Waals surface area (Å²) in [6, 6.07) is 0. The van der Waals surface area contributed by atoms with Crippen LogP contribution in [0.2, 0.25) is 0 Å². The van der Waals surface area contributed by atoms with E-state index in [2.05, 4.69) is 0 Å². The highest BCUT2D eigenvalue weighted by molar-refractivity contribution is 4.95. The van der Waals surface area contributed by atoms with Crippen LogP contribution in [0.1, 0.15) is 12.8 Å². The second-order valence-electron chi connectivity index (χ2n) is 3.01. The SMILES string of the molecule is COCC1C[C@@H]2O[C@@H]2C1. The van der Waals surface area contributed by atoms with Crippen molar-refractivity contribution in [2.24, 2.45) is 5.92 Å².